The molecule has 4 aliphatic rings. The van der Waals surface area contributed by atoms with Crippen molar-refractivity contribution in [2.24, 2.45) is 5.92 Å². The molecule has 0 amide bonds. The van der Waals surface area contributed by atoms with Crippen molar-refractivity contribution in [3.63, 3.8) is 0 Å². The molecular weight excluding hydrogens is 380 g/mol. The third kappa shape index (κ3) is 4.75. The Bertz CT molecular complexity index is 709. The highest BCUT2D eigenvalue weighted by Gasteiger charge is 2.44. The van der Waals surface area contributed by atoms with Gasteiger partial charge in [0, 0.05) is 24.5 Å². The number of hydrogen-bond donors (Lipinski definition) is 2. The summed E-state index contributed by atoms with van der Waals surface area (Å²) in [6.45, 7) is 4.30. The number of aliphatic hydroxyl groups is 1. The Labute approximate surface area is 190 Å². The number of hydrogen-bond acceptors (Lipinski definition) is 3. The van der Waals surface area contributed by atoms with Crippen molar-refractivity contribution in [3.05, 3.63) is 35.4 Å². The molecule has 1 saturated heterocycles. The first-order valence-electron chi connectivity index (χ1n) is 13.5. The van der Waals surface area contributed by atoms with E-state index in [9.17, 15) is 5.11 Å². The van der Waals surface area contributed by atoms with Crippen LogP contribution >= 0.6 is 0 Å². The molecule has 2 aliphatic heterocycles. The highest BCUT2D eigenvalue weighted by Crippen LogP contribution is 2.46. The first-order valence-corrected chi connectivity index (χ1v) is 13.5. The van der Waals surface area contributed by atoms with Crippen molar-refractivity contribution in [1.29, 1.82) is 0 Å². The van der Waals surface area contributed by atoms with Crippen molar-refractivity contribution >= 4 is 0 Å². The lowest BCUT2D eigenvalue weighted by Crippen LogP contribution is -2.55. The average Bonchev–Trinajstić information content (AvgIpc) is 2.79. The topological polar surface area (TPSA) is 35.5 Å². The van der Waals surface area contributed by atoms with Crippen molar-refractivity contribution < 1.29 is 5.11 Å². The van der Waals surface area contributed by atoms with E-state index in [1.807, 2.05) is 0 Å². The minimum atomic E-state index is -0.445. The van der Waals surface area contributed by atoms with Gasteiger partial charge in [0.25, 0.3) is 0 Å². The van der Waals surface area contributed by atoms with Crippen LogP contribution in [0.25, 0.3) is 0 Å². The molecule has 2 heterocycles. The van der Waals surface area contributed by atoms with Crippen LogP contribution in [-0.2, 0) is 5.41 Å². The van der Waals surface area contributed by atoms with Gasteiger partial charge in [-0.2, -0.15) is 0 Å². The highest BCUT2D eigenvalue weighted by atomic mass is 16.3. The largest absolute Gasteiger partial charge is 0.389 e. The second-order valence-electron chi connectivity index (χ2n) is 11.4. The molecule has 1 spiro atoms. The third-order valence-electron chi connectivity index (χ3n) is 9.26. The number of likely N-dealkylation sites (tertiary alicyclic amines) is 1. The first-order chi connectivity index (χ1) is 15.2. The highest BCUT2D eigenvalue weighted by molar-refractivity contribution is 5.40. The van der Waals surface area contributed by atoms with Crippen molar-refractivity contribution in [2.75, 3.05) is 26.2 Å². The van der Waals surface area contributed by atoms with Crippen molar-refractivity contribution in [2.45, 2.75) is 107 Å². The van der Waals surface area contributed by atoms with Gasteiger partial charge < -0.3 is 15.3 Å². The lowest BCUT2D eigenvalue weighted by Gasteiger charge is -2.50. The van der Waals surface area contributed by atoms with Crippen LogP contribution in [0.3, 0.4) is 0 Å². The minimum Gasteiger partial charge on any atom is -0.389 e. The number of nitrogens with one attached hydrogen (secondary N) is 1. The van der Waals surface area contributed by atoms with E-state index in [0.29, 0.717) is 11.5 Å². The molecule has 172 valence electrons. The number of β-amino-alcohol motifs (C(OH)–C–C–N with tert-alkyl or cyclic N) is 1. The van der Waals surface area contributed by atoms with Crippen LogP contribution in [0.1, 0.15) is 107 Å². The van der Waals surface area contributed by atoms with Crippen LogP contribution in [-0.4, -0.2) is 41.8 Å². The number of piperidine rings is 1. The van der Waals surface area contributed by atoms with Gasteiger partial charge in [-0.3, -0.25) is 0 Å². The summed E-state index contributed by atoms with van der Waals surface area (Å²) in [6.07, 6.45) is 17.9. The SMILES string of the molecule is OC1(CN2CCC3(CC2)CNC(C2CCCCC2)c2ccccc23)CCCCCCC1. The second-order valence-corrected chi connectivity index (χ2v) is 11.4. The molecule has 2 saturated carbocycles. The van der Waals surface area contributed by atoms with E-state index in [2.05, 4.69) is 34.5 Å². The van der Waals surface area contributed by atoms with E-state index in [0.717, 1.165) is 44.9 Å². The number of fused-ring (bicyclic) bond motifs is 2. The van der Waals surface area contributed by atoms with Gasteiger partial charge in [-0.25, -0.2) is 0 Å². The molecule has 3 nitrogen and oxygen atoms in total. The molecule has 1 aromatic carbocycles. The fourth-order valence-electron chi connectivity index (χ4n) is 7.37. The molecule has 0 bridgehead atoms. The molecular formula is C28H44N2O. The number of benzene rings is 1. The summed E-state index contributed by atoms with van der Waals surface area (Å²) < 4.78 is 0. The van der Waals surface area contributed by atoms with E-state index >= 15 is 0 Å². The van der Waals surface area contributed by atoms with E-state index in [1.165, 1.54) is 77.0 Å². The smallest absolute Gasteiger partial charge is 0.0774 e. The quantitative estimate of drug-likeness (QED) is 0.651. The summed E-state index contributed by atoms with van der Waals surface area (Å²) in [7, 11) is 0. The zero-order chi connectivity index (χ0) is 21.2. The Balaban J connectivity index is 1.27. The molecule has 3 heteroatoms. The monoisotopic (exact) mass is 424 g/mol. The first kappa shape index (κ1) is 21.9. The van der Waals surface area contributed by atoms with Crippen LogP contribution < -0.4 is 5.32 Å². The molecule has 0 radical (unpaired) electrons. The summed E-state index contributed by atoms with van der Waals surface area (Å²) in [4.78, 5) is 2.59. The van der Waals surface area contributed by atoms with E-state index < -0.39 is 5.60 Å². The van der Waals surface area contributed by atoms with Crippen LogP contribution in [0, 0.1) is 5.92 Å². The fourth-order valence-corrected chi connectivity index (χ4v) is 7.37. The number of rotatable bonds is 3. The van der Waals surface area contributed by atoms with Gasteiger partial charge in [0.1, 0.15) is 0 Å². The van der Waals surface area contributed by atoms with Crippen LogP contribution in [0.2, 0.25) is 0 Å². The Hall–Kier alpha value is -0.900. The van der Waals surface area contributed by atoms with E-state index in [1.54, 1.807) is 11.1 Å². The predicted molar refractivity (Wildman–Crippen MR) is 128 cm³/mol. The maximum Gasteiger partial charge on any atom is 0.0774 e. The molecule has 2 N–H and O–H groups in total. The van der Waals surface area contributed by atoms with Gasteiger partial charge >= 0.3 is 0 Å². The maximum absolute atomic E-state index is 11.3. The minimum absolute atomic E-state index is 0.293. The standard InChI is InChI=1S/C28H44N2O/c31-28(15-9-2-1-3-10-16-28)22-30-19-17-27(18-20-30)21-29-26(23-11-5-4-6-12-23)24-13-7-8-14-25(24)27/h7-8,13-14,23,26,29,31H,1-6,9-12,15-22H2. The lowest BCUT2D eigenvalue weighted by molar-refractivity contribution is -0.0275. The normalized spacial score (nSPS) is 29.8. The van der Waals surface area contributed by atoms with Gasteiger partial charge in [-0.05, 0) is 68.7 Å². The molecule has 1 unspecified atom stereocenters. The van der Waals surface area contributed by atoms with Gasteiger partial charge in [0.2, 0.25) is 0 Å². The Morgan fingerprint density at radius 2 is 1.48 bits per heavy atom. The molecule has 1 aromatic rings. The molecule has 2 aliphatic carbocycles. The van der Waals surface area contributed by atoms with Crippen molar-refractivity contribution in [3.8, 4) is 0 Å². The maximum atomic E-state index is 11.3. The lowest BCUT2D eigenvalue weighted by atomic mass is 9.65. The summed E-state index contributed by atoms with van der Waals surface area (Å²) in [6, 6.07) is 9.97. The Morgan fingerprint density at radius 3 is 2.23 bits per heavy atom. The van der Waals surface area contributed by atoms with Crippen LogP contribution in [0.4, 0.5) is 0 Å². The number of nitrogens with zero attached hydrogens (tertiary/aromatic N) is 1. The molecule has 0 aromatic heterocycles. The zero-order valence-corrected chi connectivity index (χ0v) is 19.6. The average molecular weight is 425 g/mol. The van der Waals surface area contributed by atoms with Crippen LogP contribution in [0.5, 0.6) is 0 Å². The second kappa shape index (κ2) is 9.53. The van der Waals surface area contributed by atoms with Crippen molar-refractivity contribution in [1.82, 2.24) is 10.2 Å². The van der Waals surface area contributed by atoms with E-state index in [-0.39, 0.29) is 0 Å². The third-order valence-corrected chi connectivity index (χ3v) is 9.26. The zero-order valence-electron chi connectivity index (χ0n) is 19.6. The van der Waals surface area contributed by atoms with Gasteiger partial charge in [0.15, 0.2) is 0 Å². The van der Waals surface area contributed by atoms with Gasteiger partial charge in [0.05, 0.1) is 5.60 Å². The Kier molecular flexibility index (Phi) is 6.74. The molecule has 5 rings (SSSR count). The Morgan fingerprint density at radius 1 is 0.839 bits per heavy atom. The predicted octanol–water partition coefficient (Wildman–Crippen LogP) is 5.72. The summed E-state index contributed by atoms with van der Waals surface area (Å²) in [5, 5.41) is 15.4. The fraction of sp³-hybridized carbons (Fsp3) is 0.786. The summed E-state index contributed by atoms with van der Waals surface area (Å²) in [5.41, 5.74) is 3.10. The summed E-state index contributed by atoms with van der Waals surface area (Å²) in [5.74, 6) is 0.820. The molecule has 31 heavy (non-hydrogen) atoms. The molecule has 3 fully saturated rings. The summed E-state index contributed by atoms with van der Waals surface area (Å²) >= 11 is 0. The van der Waals surface area contributed by atoms with Crippen LogP contribution in [0.15, 0.2) is 24.3 Å². The van der Waals surface area contributed by atoms with Gasteiger partial charge in [-0.15, -0.1) is 0 Å². The van der Waals surface area contributed by atoms with Gasteiger partial charge in [-0.1, -0.05) is 75.6 Å². The van der Waals surface area contributed by atoms with E-state index in [4.69, 9.17) is 0 Å². The molecule has 1 atom stereocenters.